The second-order valence-electron chi connectivity index (χ2n) is 8.24. The van der Waals surface area contributed by atoms with E-state index in [4.69, 9.17) is 26.9 Å². The Hall–Kier alpha value is -3.06. The number of hydrogen-bond donors (Lipinski definition) is 1. The molecule has 8 heteroatoms. The number of nitrogens with two attached hydrogens (primary N) is 1. The molecule has 1 saturated heterocycles. The van der Waals surface area contributed by atoms with Crippen LogP contribution in [0.25, 0.3) is 11.3 Å². The maximum atomic E-state index is 13.2. The SMILES string of the molecule is Cc1c(C(=O)N2CCC[C@H]2C(N)=O)oc2c1-c1nn(Cc3ccc(Cl)cc3)cc1CC2. The molecule has 2 aromatic heterocycles. The lowest BCUT2D eigenvalue weighted by Gasteiger charge is -2.21. The number of carbonyl (C=O) groups is 2. The minimum atomic E-state index is -0.567. The van der Waals surface area contributed by atoms with Crippen LogP contribution in [0, 0.1) is 6.92 Å². The Kier molecular flexibility index (Phi) is 4.85. The van der Waals surface area contributed by atoms with Gasteiger partial charge in [0.15, 0.2) is 5.76 Å². The molecule has 0 bridgehead atoms. The van der Waals surface area contributed by atoms with Gasteiger partial charge in [-0.05, 0) is 49.4 Å². The summed E-state index contributed by atoms with van der Waals surface area (Å²) in [6, 6.07) is 7.14. The predicted molar refractivity (Wildman–Crippen MR) is 116 cm³/mol. The monoisotopic (exact) mass is 438 g/mol. The fourth-order valence-corrected chi connectivity index (χ4v) is 4.79. The van der Waals surface area contributed by atoms with E-state index in [1.165, 1.54) is 0 Å². The Morgan fingerprint density at radius 3 is 2.77 bits per heavy atom. The van der Waals surface area contributed by atoms with Crippen molar-refractivity contribution >= 4 is 23.4 Å². The Morgan fingerprint density at radius 2 is 2.03 bits per heavy atom. The number of primary amides is 1. The van der Waals surface area contributed by atoms with E-state index in [-0.39, 0.29) is 5.91 Å². The second-order valence-corrected chi connectivity index (χ2v) is 8.68. The van der Waals surface area contributed by atoms with Crippen molar-refractivity contribution < 1.29 is 14.0 Å². The van der Waals surface area contributed by atoms with Crippen LogP contribution in [0.15, 0.2) is 34.9 Å². The standard InChI is InChI=1S/C23H23ClN4O3/c1-13-19-18(31-21(13)23(30)28-10-2-3-17(28)22(25)29)9-6-15-12-27(26-20(15)19)11-14-4-7-16(24)8-5-14/h4-5,7-8,12,17H,2-3,6,9-11H2,1H3,(H2,25,29)/t17-/m0/s1. The molecule has 0 unspecified atom stereocenters. The maximum absolute atomic E-state index is 13.2. The molecule has 1 aliphatic carbocycles. The van der Waals surface area contributed by atoms with Gasteiger partial charge >= 0.3 is 0 Å². The van der Waals surface area contributed by atoms with Crippen LogP contribution in [0.3, 0.4) is 0 Å². The normalized spacial score (nSPS) is 17.5. The second kappa shape index (κ2) is 7.57. The number of amides is 2. The molecule has 3 heterocycles. The molecule has 0 radical (unpaired) electrons. The van der Waals surface area contributed by atoms with Crippen molar-refractivity contribution in [1.29, 1.82) is 0 Å². The van der Waals surface area contributed by atoms with Gasteiger partial charge in [0.05, 0.1) is 12.2 Å². The van der Waals surface area contributed by atoms with Crippen LogP contribution < -0.4 is 5.73 Å². The molecular weight excluding hydrogens is 416 g/mol. The van der Waals surface area contributed by atoms with Crippen molar-refractivity contribution in [2.24, 2.45) is 5.73 Å². The van der Waals surface area contributed by atoms with Crippen molar-refractivity contribution in [1.82, 2.24) is 14.7 Å². The molecule has 7 nitrogen and oxygen atoms in total. The topological polar surface area (TPSA) is 94.4 Å². The summed E-state index contributed by atoms with van der Waals surface area (Å²) >= 11 is 5.98. The van der Waals surface area contributed by atoms with Crippen molar-refractivity contribution in [3.63, 3.8) is 0 Å². The molecular formula is C23H23ClN4O3. The largest absolute Gasteiger partial charge is 0.455 e. The highest BCUT2D eigenvalue weighted by molar-refractivity contribution is 6.30. The first kappa shape index (κ1) is 19.9. The zero-order chi connectivity index (χ0) is 21.7. The van der Waals surface area contributed by atoms with E-state index >= 15 is 0 Å². The predicted octanol–water partition coefficient (Wildman–Crippen LogP) is 3.34. The van der Waals surface area contributed by atoms with Gasteiger partial charge in [0.1, 0.15) is 11.8 Å². The van der Waals surface area contributed by atoms with E-state index in [9.17, 15) is 9.59 Å². The fourth-order valence-electron chi connectivity index (χ4n) is 4.66. The van der Waals surface area contributed by atoms with Crippen LogP contribution in [0.2, 0.25) is 5.02 Å². The highest BCUT2D eigenvalue weighted by Crippen LogP contribution is 2.39. The summed E-state index contributed by atoms with van der Waals surface area (Å²) in [6.45, 7) is 3.03. The number of aromatic nitrogens is 2. The number of rotatable bonds is 4. The summed E-state index contributed by atoms with van der Waals surface area (Å²) in [5.41, 5.74) is 10.3. The third kappa shape index (κ3) is 3.43. The molecule has 2 N–H and O–H groups in total. The third-order valence-electron chi connectivity index (χ3n) is 6.21. The van der Waals surface area contributed by atoms with Crippen LogP contribution in [0.4, 0.5) is 0 Å². The molecule has 1 aliphatic heterocycles. The van der Waals surface area contributed by atoms with E-state index in [1.54, 1.807) is 4.90 Å². The summed E-state index contributed by atoms with van der Waals surface area (Å²) in [5, 5.41) is 5.51. The Balaban J connectivity index is 1.46. The van der Waals surface area contributed by atoms with E-state index < -0.39 is 11.9 Å². The van der Waals surface area contributed by atoms with Gasteiger partial charge in [-0.3, -0.25) is 14.3 Å². The van der Waals surface area contributed by atoms with Crippen molar-refractivity contribution in [3.8, 4) is 11.3 Å². The van der Waals surface area contributed by atoms with Gasteiger partial charge in [-0.2, -0.15) is 5.10 Å². The van der Waals surface area contributed by atoms with E-state index in [1.807, 2.05) is 35.9 Å². The van der Waals surface area contributed by atoms with Gasteiger partial charge in [-0.1, -0.05) is 23.7 Å². The summed E-state index contributed by atoms with van der Waals surface area (Å²) in [4.78, 5) is 26.5. The van der Waals surface area contributed by atoms with Crippen LogP contribution in [-0.4, -0.2) is 39.1 Å². The van der Waals surface area contributed by atoms with E-state index in [0.29, 0.717) is 36.7 Å². The summed E-state index contributed by atoms with van der Waals surface area (Å²) in [6.07, 6.45) is 4.93. The third-order valence-corrected chi connectivity index (χ3v) is 6.46. The van der Waals surface area contributed by atoms with Crippen LogP contribution in [0.1, 0.15) is 45.8 Å². The first-order valence-corrected chi connectivity index (χ1v) is 10.8. The van der Waals surface area contributed by atoms with Gasteiger partial charge in [0.2, 0.25) is 5.91 Å². The number of hydrogen-bond acceptors (Lipinski definition) is 4. The Labute approximate surface area is 184 Å². The first-order chi connectivity index (χ1) is 14.9. The molecule has 1 atom stereocenters. The number of aryl methyl sites for hydroxylation is 2. The average molecular weight is 439 g/mol. The number of benzene rings is 1. The maximum Gasteiger partial charge on any atom is 0.290 e. The summed E-state index contributed by atoms with van der Waals surface area (Å²) in [5.74, 6) is 0.330. The quantitative estimate of drug-likeness (QED) is 0.675. The number of nitrogens with zero attached hydrogens (tertiary/aromatic N) is 3. The summed E-state index contributed by atoms with van der Waals surface area (Å²) in [7, 11) is 0. The highest BCUT2D eigenvalue weighted by Gasteiger charge is 2.37. The van der Waals surface area contributed by atoms with Crippen LogP contribution in [-0.2, 0) is 24.2 Å². The molecule has 5 rings (SSSR count). The zero-order valence-electron chi connectivity index (χ0n) is 17.2. The van der Waals surface area contributed by atoms with Gasteiger partial charge in [0, 0.05) is 35.3 Å². The minimum Gasteiger partial charge on any atom is -0.455 e. The zero-order valence-corrected chi connectivity index (χ0v) is 18.0. The van der Waals surface area contributed by atoms with Gasteiger partial charge in [-0.25, -0.2) is 0 Å². The Bertz CT molecular complexity index is 1180. The molecule has 160 valence electrons. The molecule has 0 spiro atoms. The number of carbonyl (C=O) groups excluding carboxylic acids is 2. The number of halogens is 1. The lowest BCUT2D eigenvalue weighted by atomic mass is 9.93. The van der Waals surface area contributed by atoms with Gasteiger partial charge in [-0.15, -0.1) is 0 Å². The molecule has 1 fully saturated rings. The Morgan fingerprint density at radius 1 is 1.26 bits per heavy atom. The van der Waals surface area contributed by atoms with Gasteiger partial charge < -0.3 is 15.1 Å². The molecule has 2 aliphatic rings. The smallest absolute Gasteiger partial charge is 0.290 e. The number of furan rings is 1. The van der Waals surface area contributed by atoms with Crippen LogP contribution >= 0.6 is 11.6 Å². The average Bonchev–Trinajstić information content (AvgIpc) is 3.46. The number of fused-ring (bicyclic) bond motifs is 3. The molecule has 0 saturated carbocycles. The fraction of sp³-hybridized carbons (Fsp3) is 0.348. The first-order valence-electron chi connectivity index (χ1n) is 10.5. The van der Waals surface area contributed by atoms with Crippen molar-refractivity contribution in [3.05, 3.63) is 63.7 Å². The molecule has 1 aromatic carbocycles. The lowest BCUT2D eigenvalue weighted by Crippen LogP contribution is -2.43. The molecule has 3 aromatic rings. The van der Waals surface area contributed by atoms with Gasteiger partial charge in [0.25, 0.3) is 5.91 Å². The van der Waals surface area contributed by atoms with Crippen molar-refractivity contribution in [2.75, 3.05) is 6.54 Å². The lowest BCUT2D eigenvalue weighted by molar-refractivity contribution is -0.121. The van der Waals surface area contributed by atoms with E-state index in [2.05, 4.69) is 6.20 Å². The van der Waals surface area contributed by atoms with Crippen LogP contribution in [0.5, 0.6) is 0 Å². The summed E-state index contributed by atoms with van der Waals surface area (Å²) < 4.78 is 7.95. The minimum absolute atomic E-state index is 0.268. The highest BCUT2D eigenvalue weighted by atomic mass is 35.5. The molecule has 31 heavy (non-hydrogen) atoms. The number of likely N-dealkylation sites (tertiary alicyclic amines) is 1. The molecule has 2 amide bonds. The van der Waals surface area contributed by atoms with Crippen molar-refractivity contribution in [2.45, 2.75) is 45.2 Å². The van der Waals surface area contributed by atoms with E-state index in [0.717, 1.165) is 46.5 Å².